The molecule has 1 aromatic carbocycles. The fourth-order valence-corrected chi connectivity index (χ4v) is 6.15. The number of urea groups is 1. The molecule has 3 saturated heterocycles. The summed E-state index contributed by atoms with van der Waals surface area (Å²) in [5.74, 6) is -2.05. The molecule has 0 aliphatic carbocycles. The van der Waals surface area contributed by atoms with Crippen LogP contribution in [0.5, 0.6) is 0 Å². The number of piperidine rings is 1. The van der Waals surface area contributed by atoms with Crippen molar-refractivity contribution in [1.29, 1.82) is 0 Å². The van der Waals surface area contributed by atoms with Crippen molar-refractivity contribution >= 4 is 22.0 Å². The Hall–Kier alpha value is -2.27. The van der Waals surface area contributed by atoms with Crippen LogP contribution in [0, 0.1) is 17.6 Å². The lowest BCUT2D eigenvalue weighted by Crippen LogP contribution is -2.53. The van der Waals surface area contributed by atoms with Crippen molar-refractivity contribution in [2.45, 2.75) is 30.6 Å². The molecule has 0 aromatic heterocycles. The molecule has 3 aliphatic heterocycles. The van der Waals surface area contributed by atoms with Gasteiger partial charge < -0.3 is 14.7 Å². The number of rotatable bonds is 3. The summed E-state index contributed by atoms with van der Waals surface area (Å²) in [4.78, 5) is 30.1. The van der Waals surface area contributed by atoms with E-state index in [0.717, 1.165) is 42.4 Å². The molecule has 4 rings (SSSR count). The maximum atomic E-state index is 14.0. The lowest BCUT2D eigenvalue weighted by Gasteiger charge is -2.38. The van der Waals surface area contributed by atoms with Gasteiger partial charge in [-0.3, -0.25) is 4.79 Å². The summed E-state index contributed by atoms with van der Waals surface area (Å²) in [6, 6.07) is 2.40. The van der Waals surface area contributed by atoms with Gasteiger partial charge in [0.25, 0.3) is 0 Å². The second-order valence-corrected chi connectivity index (χ2v) is 10.4. The van der Waals surface area contributed by atoms with Gasteiger partial charge in [-0.05, 0) is 43.9 Å². The highest BCUT2D eigenvalue weighted by molar-refractivity contribution is 7.89. The van der Waals surface area contributed by atoms with Crippen molar-refractivity contribution in [2.24, 2.45) is 5.92 Å². The summed E-state index contributed by atoms with van der Waals surface area (Å²) in [5, 5.41) is 0. The fraction of sp³-hybridized carbons (Fsp3) is 0.619. The Labute approximate surface area is 186 Å². The predicted octanol–water partition coefficient (Wildman–Crippen LogP) is 1.73. The number of nitrogens with zero attached hydrogens (tertiary/aromatic N) is 4. The summed E-state index contributed by atoms with van der Waals surface area (Å²) in [6.07, 6.45) is 3.25. The van der Waals surface area contributed by atoms with Crippen molar-refractivity contribution in [1.82, 2.24) is 19.0 Å². The quantitative estimate of drug-likeness (QED) is 0.674. The molecule has 32 heavy (non-hydrogen) atoms. The zero-order valence-electron chi connectivity index (χ0n) is 17.9. The molecule has 1 aromatic rings. The van der Waals surface area contributed by atoms with Crippen LogP contribution in [0.3, 0.4) is 0 Å². The third-order valence-corrected chi connectivity index (χ3v) is 8.47. The average molecular weight is 471 g/mol. The molecule has 3 amide bonds. The molecule has 0 saturated carbocycles. The lowest BCUT2D eigenvalue weighted by molar-refractivity contribution is -0.138. The lowest BCUT2D eigenvalue weighted by atomic mass is 9.95. The molecular formula is C21H28F2N4O4S. The number of carbonyl (C=O) groups is 2. The molecule has 11 heteroatoms. The molecule has 0 spiro atoms. The van der Waals surface area contributed by atoms with Gasteiger partial charge in [-0.2, -0.15) is 4.31 Å². The molecule has 0 bridgehead atoms. The topological polar surface area (TPSA) is 81.2 Å². The zero-order chi connectivity index (χ0) is 22.9. The largest absolute Gasteiger partial charge is 0.340 e. The van der Waals surface area contributed by atoms with E-state index in [9.17, 15) is 26.8 Å². The van der Waals surface area contributed by atoms with Crippen LogP contribution in [0.2, 0.25) is 0 Å². The van der Waals surface area contributed by atoms with E-state index < -0.39 is 26.6 Å². The second-order valence-electron chi connectivity index (χ2n) is 8.54. The second kappa shape index (κ2) is 9.30. The van der Waals surface area contributed by atoms with Gasteiger partial charge >= 0.3 is 6.03 Å². The monoisotopic (exact) mass is 470 g/mol. The number of piperazine rings is 1. The first-order valence-electron chi connectivity index (χ1n) is 11.1. The van der Waals surface area contributed by atoms with Crippen molar-refractivity contribution < 1.29 is 26.8 Å². The number of halogens is 2. The molecule has 0 radical (unpaired) electrons. The Balaban J connectivity index is 1.30. The Morgan fingerprint density at radius 3 is 2.03 bits per heavy atom. The molecule has 3 fully saturated rings. The van der Waals surface area contributed by atoms with Gasteiger partial charge in [0.1, 0.15) is 16.5 Å². The maximum Gasteiger partial charge on any atom is 0.319 e. The van der Waals surface area contributed by atoms with E-state index in [2.05, 4.69) is 0 Å². The first kappa shape index (κ1) is 22.9. The van der Waals surface area contributed by atoms with Crippen LogP contribution >= 0.6 is 0 Å². The Morgan fingerprint density at radius 1 is 0.812 bits per heavy atom. The summed E-state index contributed by atoms with van der Waals surface area (Å²) in [5.41, 5.74) is 0. The zero-order valence-corrected chi connectivity index (χ0v) is 18.7. The van der Waals surface area contributed by atoms with E-state index in [1.54, 1.807) is 4.90 Å². The normalized spacial score (nSPS) is 21.2. The molecule has 176 valence electrons. The van der Waals surface area contributed by atoms with Crippen LogP contribution in [-0.4, -0.2) is 91.7 Å². The number of likely N-dealkylation sites (tertiary alicyclic amines) is 2. The van der Waals surface area contributed by atoms with Crippen molar-refractivity contribution in [3.05, 3.63) is 29.8 Å². The van der Waals surface area contributed by atoms with Gasteiger partial charge in [-0.1, -0.05) is 0 Å². The summed E-state index contributed by atoms with van der Waals surface area (Å²) in [7, 11) is -4.18. The smallest absolute Gasteiger partial charge is 0.319 e. The highest BCUT2D eigenvalue weighted by Gasteiger charge is 2.36. The van der Waals surface area contributed by atoms with Crippen LogP contribution in [0.15, 0.2) is 23.1 Å². The molecule has 0 atom stereocenters. The van der Waals surface area contributed by atoms with Crippen molar-refractivity contribution in [2.75, 3.05) is 52.4 Å². The van der Waals surface area contributed by atoms with Crippen LogP contribution < -0.4 is 0 Å². The predicted molar refractivity (Wildman–Crippen MR) is 112 cm³/mol. The van der Waals surface area contributed by atoms with Gasteiger partial charge in [0.15, 0.2) is 0 Å². The minimum atomic E-state index is -4.18. The Kier molecular flexibility index (Phi) is 6.66. The number of benzene rings is 1. The first-order chi connectivity index (χ1) is 15.3. The van der Waals surface area contributed by atoms with Crippen LogP contribution in [0.1, 0.15) is 25.7 Å². The fourth-order valence-electron chi connectivity index (χ4n) is 4.65. The van der Waals surface area contributed by atoms with Gasteiger partial charge in [-0.25, -0.2) is 22.0 Å². The van der Waals surface area contributed by atoms with E-state index in [0.29, 0.717) is 32.0 Å². The maximum absolute atomic E-state index is 14.0. The van der Waals surface area contributed by atoms with E-state index in [1.807, 2.05) is 9.80 Å². The summed E-state index contributed by atoms with van der Waals surface area (Å²) < 4.78 is 54.0. The number of sulfonamides is 1. The summed E-state index contributed by atoms with van der Waals surface area (Å²) in [6.45, 7) is 3.11. The SMILES string of the molecule is O=C(C1CCN(C(=O)N2CCCC2)CC1)N1CCN(S(=O)(=O)c2cc(F)ccc2F)CC1. The van der Waals surface area contributed by atoms with Gasteiger partial charge in [0.2, 0.25) is 15.9 Å². The van der Waals surface area contributed by atoms with E-state index in [-0.39, 0.29) is 44.0 Å². The minimum absolute atomic E-state index is 0.0241. The number of hydrogen-bond donors (Lipinski definition) is 0. The molecular weight excluding hydrogens is 442 g/mol. The summed E-state index contributed by atoms with van der Waals surface area (Å²) >= 11 is 0. The van der Waals surface area contributed by atoms with Crippen molar-refractivity contribution in [3.63, 3.8) is 0 Å². The van der Waals surface area contributed by atoms with Crippen molar-refractivity contribution in [3.8, 4) is 0 Å². The Bertz CT molecular complexity index is 968. The highest BCUT2D eigenvalue weighted by Crippen LogP contribution is 2.25. The molecule has 3 heterocycles. The highest BCUT2D eigenvalue weighted by atomic mass is 32.2. The third kappa shape index (κ3) is 4.59. The van der Waals surface area contributed by atoms with Crippen LogP contribution in [-0.2, 0) is 14.8 Å². The third-order valence-electron chi connectivity index (χ3n) is 6.55. The average Bonchev–Trinajstić information content (AvgIpc) is 3.35. The van der Waals surface area contributed by atoms with Gasteiger partial charge in [-0.15, -0.1) is 0 Å². The number of carbonyl (C=O) groups excluding carboxylic acids is 2. The molecule has 0 N–H and O–H groups in total. The molecule has 8 nitrogen and oxygen atoms in total. The standard InChI is InChI=1S/C21H28F2N4O4S/c22-17-3-4-18(23)19(15-17)32(30,31)27-13-11-24(12-14-27)20(28)16-5-9-26(10-6-16)21(29)25-7-1-2-8-25/h3-4,15-16H,1-2,5-14H2. The molecule has 3 aliphatic rings. The Morgan fingerprint density at radius 2 is 1.41 bits per heavy atom. The number of hydrogen-bond acceptors (Lipinski definition) is 4. The van der Waals surface area contributed by atoms with Gasteiger partial charge in [0, 0.05) is 58.3 Å². The van der Waals surface area contributed by atoms with Crippen LogP contribution in [0.25, 0.3) is 0 Å². The molecule has 0 unspecified atom stereocenters. The van der Waals surface area contributed by atoms with E-state index in [4.69, 9.17) is 0 Å². The van der Waals surface area contributed by atoms with E-state index in [1.165, 1.54) is 0 Å². The van der Waals surface area contributed by atoms with Crippen LogP contribution in [0.4, 0.5) is 13.6 Å². The van der Waals surface area contributed by atoms with Gasteiger partial charge in [0.05, 0.1) is 0 Å². The number of amides is 3. The first-order valence-corrected chi connectivity index (χ1v) is 12.5. The van der Waals surface area contributed by atoms with E-state index >= 15 is 0 Å². The minimum Gasteiger partial charge on any atom is -0.340 e.